The zero-order valence-corrected chi connectivity index (χ0v) is 13.1. The second-order valence-corrected chi connectivity index (χ2v) is 5.84. The van der Waals surface area contributed by atoms with E-state index in [4.69, 9.17) is 4.74 Å². The molecule has 0 aliphatic carbocycles. The van der Waals surface area contributed by atoms with Gasteiger partial charge in [-0.15, -0.1) is 0 Å². The smallest absolute Gasteiger partial charge is 0.410 e. The molecule has 1 atom stereocenters. The van der Waals surface area contributed by atoms with Gasteiger partial charge in [0.2, 0.25) is 5.96 Å². The van der Waals surface area contributed by atoms with Crippen molar-refractivity contribution in [2.24, 2.45) is 9.98 Å². The number of nitrogens with one attached hydrogen (secondary N) is 1. The number of carbonyl (C=O) groups excluding carboxylic acids is 1. The first-order valence-electron chi connectivity index (χ1n) is 7.05. The molecular weight excluding hydrogens is 256 g/mol. The topological polar surface area (TPSA) is 66.3 Å². The van der Waals surface area contributed by atoms with Gasteiger partial charge in [0.1, 0.15) is 5.60 Å². The predicted octanol–water partition coefficient (Wildman–Crippen LogP) is 2.05. The number of hydrogen-bond acceptors (Lipinski definition) is 3. The molecule has 114 valence electrons. The van der Waals surface area contributed by atoms with Crippen LogP contribution in [0.2, 0.25) is 0 Å². The zero-order chi connectivity index (χ0) is 15.2. The van der Waals surface area contributed by atoms with E-state index in [9.17, 15) is 4.79 Å². The number of hydrogen-bond donors (Lipinski definition) is 1. The van der Waals surface area contributed by atoms with Gasteiger partial charge < -0.3 is 15.0 Å². The monoisotopic (exact) mass is 282 g/mol. The van der Waals surface area contributed by atoms with Gasteiger partial charge in [-0.2, -0.15) is 0 Å². The fourth-order valence-corrected chi connectivity index (χ4v) is 2.05. The van der Waals surface area contributed by atoms with E-state index in [0.717, 1.165) is 19.4 Å². The highest BCUT2D eigenvalue weighted by Gasteiger charge is 2.27. The highest BCUT2D eigenvalue weighted by Crippen LogP contribution is 2.15. The molecule has 0 saturated carbocycles. The Morgan fingerprint density at radius 3 is 2.70 bits per heavy atom. The molecule has 1 rings (SSSR count). The second-order valence-electron chi connectivity index (χ2n) is 5.84. The maximum Gasteiger partial charge on any atom is 0.410 e. The van der Waals surface area contributed by atoms with Crippen molar-refractivity contribution < 1.29 is 9.53 Å². The first-order valence-corrected chi connectivity index (χ1v) is 7.05. The largest absolute Gasteiger partial charge is 0.444 e. The molecule has 1 aliphatic heterocycles. The van der Waals surface area contributed by atoms with Crippen molar-refractivity contribution in [2.75, 3.05) is 20.1 Å². The van der Waals surface area contributed by atoms with Crippen LogP contribution in [-0.4, -0.2) is 54.9 Å². The lowest BCUT2D eigenvalue weighted by molar-refractivity contribution is 0.0194. The fourth-order valence-electron chi connectivity index (χ4n) is 2.05. The molecule has 1 saturated heterocycles. The molecule has 20 heavy (non-hydrogen) atoms. The Kier molecular flexibility index (Phi) is 5.98. The number of piperidine rings is 1. The molecule has 6 heteroatoms. The van der Waals surface area contributed by atoms with Crippen LogP contribution in [0.5, 0.6) is 0 Å². The Labute approximate surface area is 121 Å². The van der Waals surface area contributed by atoms with Crippen LogP contribution in [0.25, 0.3) is 0 Å². The van der Waals surface area contributed by atoms with Crippen LogP contribution in [-0.2, 0) is 4.74 Å². The molecule has 0 aromatic rings. The van der Waals surface area contributed by atoms with Gasteiger partial charge in [-0.1, -0.05) is 0 Å². The molecule has 0 spiro atoms. The summed E-state index contributed by atoms with van der Waals surface area (Å²) in [6.07, 6.45) is 3.39. The van der Waals surface area contributed by atoms with Gasteiger partial charge in [-0.25, -0.2) is 9.79 Å². The Balaban J connectivity index is 2.56. The van der Waals surface area contributed by atoms with E-state index >= 15 is 0 Å². The van der Waals surface area contributed by atoms with Crippen LogP contribution in [0, 0.1) is 0 Å². The molecule has 1 fully saturated rings. The predicted molar refractivity (Wildman–Crippen MR) is 81.5 cm³/mol. The second kappa shape index (κ2) is 7.26. The molecule has 1 amide bonds. The van der Waals surface area contributed by atoms with Crippen molar-refractivity contribution in [3.8, 4) is 0 Å². The molecule has 0 aromatic heterocycles. The summed E-state index contributed by atoms with van der Waals surface area (Å²) in [6.45, 7) is 8.84. The number of aliphatic imine (C=N–C) groups is 2. The third kappa shape index (κ3) is 5.59. The maximum atomic E-state index is 12.1. The SMILES string of the molecule is CC=NC(=NC)N[C@H]1CCCN(C(=O)OC(C)(C)C)C1. The number of amides is 1. The van der Waals surface area contributed by atoms with Gasteiger partial charge in [0.05, 0.1) is 0 Å². The number of carbonyl (C=O) groups is 1. The lowest BCUT2D eigenvalue weighted by atomic mass is 10.1. The van der Waals surface area contributed by atoms with Gasteiger partial charge in [-0.3, -0.25) is 4.99 Å². The number of guanidine groups is 1. The van der Waals surface area contributed by atoms with Gasteiger partial charge in [0, 0.05) is 32.4 Å². The summed E-state index contributed by atoms with van der Waals surface area (Å²) in [5, 5.41) is 3.26. The quantitative estimate of drug-likeness (QED) is 0.591. The molecule has 0 unspecified atom stereocenters. The fraction of sp³-hybridized carbons (Fsp3) is 0.786. The van der Waals surface area contributed by atoms with Crippen LogP contribution in [0.4, 0.5) is 4.79 Å². The van der Waals surface area contributed by atoms with Gasteiger partial charge in [-0.05, 0) is 40.5 Å². The van der Waals surface area contributed by atoms with E-state index in [0.29, 0.717) is 12.5 Å². The van der Waals surface area contributed by atoms with Crippen molar-refractivity contribution in [3.63, 3.8) is 0 Å². The minimum Gasteiger partial charge on any atom is -0.444 e. The van der Waals surface area contributed by atoms with Gasteiger partial charge >= 0.3 is 6.09 Å². The highest BCUT2D eigenvalue weighted by atomic mass is 16.6. The third-order valence-electron chi connectivity index (χ3n) is 2.87. The van der Waals surface area contributed by atoms with E-state index < -0.39 is 5.60 Å². The summed E-state index contributed by atoms with van der Waals surface area (Å²) in [6, 6.07) is 0.165. The summed E-state index contributed by atoms with van der Waals surface area (Å²) in [5.41, 5.74) is -0.458. The van der Waals surface area contributed by atoms with E-state index in [1.54, 1.807) is 18.2 Å². The summed E-state index contributed by atoms with van der Waals surface area (Å²) < 4.78 is 5.40. The number of rotatable bonds is 1. The van der Waals surface area contributed by atoms with Crippen molar-refractivity contribution in [1.82, 2.24) is 10.2 Å². The van der Waals surface area contributed by atoms with E-state index in [2.05, 4.69) is 15.3 Å². The average Bonchev–Trinajstić information content (AvgIpc) is 2.36. The van der Waals surface area contributed by atoms with Crippen molar-refractivity contribution in [1.29, 1.82) is 0 Å². The number of nitrogens with zero attached hydrogens (tertiary/aromatic N) is 3. The van der Waals surface area contributed by atoms with Gasteiger partial charge in [0.25, 0.3) is 0 Å². The molecule has 0 aromatic carbocycles. The summed E-state index contributed by atoms with van der Waals surface area (Å²) in [7, 11) is 1.70. The standard InChI is InChI=1S/C14H26N4O2/c1-6-16-12(15-5)17-11-8-7-9-18(10-11)13(19)20-14(2,3)4/h6,11H,7-10H2,1-5H3,(H,15,17)/t11-/m0/s1. The zero-order valence-electron chi connectivity index (χ0n) is 13.1. The van der Waals surface area contributed by atoms with E-state index in [1.807, 2.05) is 27.7 Å². The Morgan fingerprint density at radius 2 is 2.15 bits per heavy atom. The van der Waals surface area contributed by atoms with Crippen LogP contribution in [0.3, 0.4) is 0 Å². The lowest BCUT2D eigenvalue weighted by Crippen LogP contribution is -2.50. The van der Waals surface area contributed by atoms with Crippen molar-refractivity contribution >= 4 is 18.3 Å². The molecule has 0 bridgehead atoms. The third-order valence-corrected chi connectivity index (χ3v) is 2.87. The molecule has 0 radical (unpaired) electrons. The molecule has 1 aliphatic rings. The van der Waals surface area contributed by atoms with Crippen LogP contribution >= 0.6 is 0 Å². The van der Waals surface area contributed by atoms with E-state index in [1.165, 1.54) is 0 Å². The van der Waals surface area contributed by atoms with E-state index in [-0.39, 0.29) is 12.1 Å². The summed E-state index contributed by atoms with van der Waals surface area (Å²) in [5.74, 6) is 0.600. The first-order chi connectivity index (χ1) is 9.35. The highest BCUT2D eigenvalue weighted by molar-refractivity contribution is 5.87. The van der Waals surface area contributed by atoms with Crippen molar-refractivity contribution in [2.45, 2.75) is 52.2 Å². The molecular formula is C14H26N4O2. The Hall–Kier alpha value is -1.59. The normalized spacial score (nSPS) is 21.1. The Bertz CT molecular complexity index is 385. The first kappa shape index (κ1) is 16.5. The minimum atomic E-state index is -0.458. The summed E-state index contributed by atoms with van der Waals surface area (Å²) >= 11 is 0. The number of ether oxygens (including phenoxy) is 1. The maximum absolute atomic E-state index is 12.1. The Morgan fingerprint density at radius 1 is 1.45 bits per heavy atom. The average molecular weight is 282 g/mol. The van der Waals surface area contributed by atoms with Gasteiger partial charge in [0.15, 0.2) is 0 Å². The molecule has 1 N–H and O–H groups in total. The lowest BCUT2D eigenvalue weighted by Gasteiger charge is -2.34. The number of likely N-dealkylation sites (tertiary alicyclic amines) is 1. The molecule has 1 heterocycles. The van der Waals surface area contributed by atoms with Crippen LogP contribution < -0.4 is 5.32 Å². The van der Waals surface area contributed by atoms with Crippen LogP contribution in [0.1, 0.15) is 40.5 Å². The summed E-state index contributed by atoms with van der Waals surface area (Å²) in [4.78, 5) is 22.0. The molecule has 6 nitrogen and oxygen atoms in total. The minimum absolute atomic E-state index is 0.165. The van der Waals surface area contributed by atoms with Crippen molar-refractivity contribution in [3.05, 3.63) is 0 Å². The van der Waals surface area contributed by atoms with Crippen LogP contribution in [0.15, 0.2) is 9.98 Å².